The molecule has 0 aliphatic heterocycles. The summed E-state index contributed by atoms with van der Waals surface area (Å²) in [5.74, 6) is 0.697. The lowest BCUT2D eigenvalue weighted by molar-refractivity contribution is 0.736. The summed E-state index contributed by atoms with van der Waals surface area (Å²) in [5.41, 5.74) is 1.42. The summed E-state index contributed by atoms with van der Waals surface area (Å²) in [5, 5.41) is 0. The van der Waals surface area contributed by atoms with E-state index in [9.17, 15) is 0 Å². The fourth-order valence-electron chi connectivity index (χ4n) is 1.11. The van der Waals surface area contributed by atoms with Crippen LogP contribution in [0.15, 0.2) is 23.8 Å². The van der Waals surface area contributed by atoms with Gasteiger partial charge in [0.05, 0.1) is 0 Å². The third-order valence-electron chi connectivity index (χ3n) is 1.53. The Morgan fingerprint density at radius 3 is 2.36 bits per heavy atom. The first-order valence-corrected chi connectivity index (χ1v) is 4.46. The second kappa shape index (κ2) is 6.21. The summed E-state index contributed by atoms with van der Waals surface area (Å²) < 4.78 is 0. The molecular weight excluding hydrogens is 132 g/mol. The van der Waals surface area contributed by atoms with Crippen LogP contribution in [0.3, 0.4) is 0 Å². The van der Waals surface area contributed by atoms with Gasteiger partial charge in [0.15, 0.2) is 0 Å². The Labute approximate surface area is 71.0 Å². The van der Waals surface area contributed by atoms with Crippen molar-refractivity contribution < 1.29 is 0 Å². The lowest BCUT2D eigenvalue weighted by atomic mass is 10.0. The lowest BCUT2D eigenvalue weighted by Crippen LogP contribution is -1.86. The Hall–Kier alpha value is -0.520. The monoisotopic (exact) mass is 152 g/mol. The number of hydrogen-bond donors (Lipinski definition) is 0. The third kappa shape index (κ3) is 7.38. The predicted molar refractivity (Wildman–Crippen MR) is 52.6 cm³/mol. The second-order valence-electron chi connectivity index (χ2n) is 3.34. The summed E-state index contributed by atoms with van der Waals surface area (Å²) in [6.07, 6.45) is 9.15. The van der Waals surface area contributed by atoms with Gasteiger partial charge < -0.3 is 0 Å². The summed E-state index contributed by atoms with van der Waals surface area (Å²) in [7, 11) is 0. The molecule has 0 aliphatic carbocycles. The maximum absolute atomic E-state index is 2.32. The molecule has 0 radical (unpaired) electrons. The van der Waals surface area contributed by atoms with Gasteiger partial charge in [-0.2, -0.15) is 0 Å². The van der Waals surface area contributed by atoms with Crippen LogP contribution in [0.5, 0.6) is 0 Å². The highest BCUT2D eigenvalue weighted by Crippen LogP contribution is 2.07. The molecule has 64 valence electrons. The van der Waals surface area contributed by atoms with Crippen molar-refractivity contribution in [1.82, 2.24) is 0 Å². The Bertz CT molecular complexity index is 136. The van der Waals surface area contributed by atoms with Crippen LogP contribution < -0.4 is 0 Å². The Morgan fingerprint density at radius 2 is 1.91 bits per heavy atom. The second-order valence-corrected chi connectivity index (χ2v) is 3.34. The minimum Gasteiger partial charge on any atom is -0.0888 e. The van der Waals surface area contributed by atoms with Crippen LogP contribution in [0.1, 0.15) is 40.5 Å². The minimum atomic E-state index is 0.697. The molecule has 0 aromatic rings. The van der Waals surface area contributed by atoms with E-state index in [1.54, 1.807) is 0 Å². The molecule has 0 rings (SSSR count). The highest BCUT2D eigenvalue weighted by Gasteiger charge is 1.92. The highest BCUT2D eigenvalue weighted by molar-refractivity contribution is 4.98. The summed E-state index contributed by atoms with van der Waals surface area (Å²) in [6.45, 7) is 8.73. The Morgan fingerprint density at radius 1 is 1.27 bits per heavy atom. The topological polar surface area (TPSA) is 0 Å². The standard InChI is InChI=1S/C11H20/c1-5-6-7-8-11(4)9-10(2)3/h6-7,9,11H,5,8H2,1-4H3. The first-order chi connectivity index (χ1) is 5.16. The van der Waals surface area contributed by atoms with Gasteiger partial charge in [0.2, 0.25) is 0 Å². The van der Waals surface area contributed by atoms with Crippen molar-refractivity contribution in [3.63, 3.8) is 0 Å². The van der Waals surface area contributed by atoms with Crippen molar-refractivity contribution in [2.24, 2.45) is 5.92 Å². The van der Waals surface area contributed by atoms with Crippen LogP contribution in [0.2, 0.25) is 0 Å². The van der Waals surface area contributed by atoms with Crippen molar-refractivity contribution in [3.8, 4) is 0 Å². The fraction of sp³-hybridized carbons (Fsp3) is 0.636. The van der Waals surface area contributed by atoms with Crippen molar-refractivity contribution in [1.29, 1.82) is 0 Å². The van der Waals surface area contributed by atoms with Crippen LogP contribution in [-0.4, -0.2) is 0 Å². The van der Waals surface area contributed by atoms with Gasteiger partial charge in [-0.3, -0.25) is 0 Å². The predicted octanol–water partition coefficient (Wildman–Crippen LogP) is 3.95. The van der Waals surface area contributed by atoms with E-state index in [-0.39, 0.29) is 0 Å². The SMILES string of the molecule is CCC=CCC(C)C=C(C)C. The number of rotatable bonds is 4. The summed E-state index contributed by atoms with van der Waals surface area (Å²) in [4.78, 5) is 0. The molecule has 11 heavy (non-hydrogen) atoms. The average molecular weight is 152 g/mol. The molecule has 0 saturated carbocycles. The molecule has 0 fully saturated rings. The van der Waals surface area contributed by atoms with Gasteiger partial charge in [-0.15, -0.1) is 0 Å². The minimum absolute atomic E-state index is 0.697. The molecule has 0 aliphatic rings. The quantitative estimate of drug-likeness (QED) is 0.535. The molecule has 0 bridgehead atoms. The van der Waals surface area contributed by atoms with E-state index in [1.165, 1.54) is 12.0 Å². The first-order valence-electron chi connectivity index (χ1n) is 4.46. The average Bonchev–Trinajstić information content (AvgIpc) is 1.86. The van der Waals surface area contributed by atoms with E-state index in [0.717, 1.165) is 6.42 Å². The van der Waals surface area contributed by atoms with Gasteiger partial charge in [0, 0.05) is 0 Å². The zero-order chi connectivity index (χ0) is 8.69. The molecule has 0 aromatic heterocycles. The smallest absolute Gasteiger partial charge is 0.0225 e. The molecule has 0 heteroatoms. The molecule has 1 atom stereocenters. The molecule has 0 spiro atoms. The van der Waals surface area contributed by atoms with E-state index in [0.29, 0.717) is 5.92 Å². The molecule has 0 heterocycles. The van der Waals surface area contributed by atoms with E-state index >= 15 is 0 Å². The normalized spacial score (nSPS) is 13.5. The molecule has 0 N–H and O–H groups in total. The van der Waals surface area contributed by atoms with E-state index in [1.807, 2.05) is 0 Å². The van der Waals surface area contributed by atoms with Crippen LogP contribution in [0.25, 0.3) is 0 Å². The van der Waals surface area contributed by atoms with E-state index < -0.39 is 0 Å². The maximum Gasteiger partial charge on any atom is -0.0225 e. The lowest BCUT2D eigenvalue weighted by Gasteiger charge is -2.01. The van der Waals surface area contributed by atoms with Crippen molar-refractivity contribution in [2.45, 2.75) is 40.5 Å². The maximum atomic E-state index is 2.32. The van der Waals surface area contributed by atoms with Crippen molar-refractivity contribution in [2.75, 3.05) is 0 Å². The van der Waals surface area contributed by atoms with Gasteiger partial charge >= 0.3 is 0 Å². The van der Waals surface area contributed by atoms with E-state index in [2.05, 4.69) is 45.9 Å². The third-order valence-corrected chi connectivity index (χ3v) is 1.53. The van der Waals surface area contributed by atoms with E-state index in [4.69, 9.17) is 0 Å². The zero-order valence-corrected chi connectivity index (χ0v) is 8.22. The van der Waals surface area contributed by atoms with Crippen LogP contribution in [0.4, 0.5) is 0 Å². The zero-order valence-electron chi connectivity index (χ0n) is 8.22. The van der Waals surface area contributed by atoms with Crippen molar-refractivity contribution in [3.05, 3.63) is 23.8 Å². The molecule has 0 aromatic carbocycles. The fourth-order valence-corrected chi connectivity index (χ4v) is 1.11. The Balaban J connectivity index is 3.61. The van der Waals surface area contributed by atoms with Crippen LogP contribution >= 0.6 is 0 Å². The number of hydrogen-bond acceptors (Lipinski definition) is 0. The Kier molecular flexibility index (Phi) is 5.91. The van der Waals surface area contributed by atoms with Crippen LogP contribution in [-0.2, 0) is 0 Å². The molecule has 0 nitrogen and oxygen atoms in total. The van der Waals surface area contributed by atoms with Gasteiger partial charge in [-0.1, -0.05) is 37.6 Å². The van der Waals surface area contributed by atoms with Gasteiger partial charge in [-0.05, 0) is 32.6 Å². The van der Waals surface area contributed by atoms with Crippen molar-refractivity contribution >= 4 is 0 Å². The molecule has 0 saturated heterocycles. The van der Waals surface area contributed by atoms with Gasteiger partial charge in [0.1, 0.15) is 0 Å². The van der Waals surface area contributed by atoms with Crippen LogP contribution in [0, 0.1) is 5.92 Å². The summed E-state index contributed by atoms with van der Waals surface area (Å²) >= 11 is 0. The molecular formula is C11H20. The first kappa shape index (κ1) is 10.5. The van der Waals surface area contributed by atoms with Gasteiger partial charge in [0.25, 0.3) is 0 Å². The molecule has 0 amide bonds. The largest absolute Gasteiger partial charge is 0.0888 e. The summed E-state index contributed by atoms with van der Waals surface area (Å²) in [6, 6.07) is 0. The molecule has 1 unspecified atom stereocenters. The highest BCUT2D eigenvalue weighted by atomic mass is 14.0. The van der Waals surface area contributed by atoms with Gasteiger partial charge in [-0.25, -0.2) is 0 Å². The number of allylic oxidation sites excluding steroid dienone is 4.